The van der Waals surface area contributed by atoms with Crippen molar-refractivity contribution in [2.45, 2.75) is 19.4 Å². The van der Waals surface area contributed by atoms with Gasteiger partial charge in [0.1, 0.15) is 0 Å². The molecule has 0 bridgehead atoms. The normalized spacial score (nSPS) is 19.6. The van der Waals surface area contributed by atoms with Crippen molar-refractivity contribution >= 4 is 17.2 Å². The van der Waals surface area contributed by atoms with E-state index in [-0.39, 0.29) is 11.3 Å². The van der Waals surface area contributed by atoms with Crippen molar-refractivity contribution in [3.8, 4) is 11.1 Å². The number of carbonyl (C=O) groups excluding carboxylic acids is 1. The van der Waals surface area contributed by atoms with Crippen LogP contribution in [0.1, 0.15) is 16.9 Å². The molecule has 1 fully saturated rings. The Bertz CT molecular complexity index is 926. The highest BCUT2D eigenvalue weighted by Crippen LogP contribution is 2.36. The Kier molecular flexibility index (Phi) is 5.55. The number of rotatable bonds is 6. The molecule has 1 amide bonds. The molecule has 0 aliphatic carbocycles. The molecule has 5 heteroatoms. The molecule has 2 aromatic heterocycles. The average molecular weight is 392 g/mol. The standard InChI is InChI=1S/C23H25N3OS/c1-24-22(27)23(9-11-26(17-23)16-21-8-4-12-28-21)14-18-5-2-6-19(13-18)20-7-3-10-25-15-20/h2-8,10,12-13,15H,9,11,14,16-17H2,1H3,(H,24,27)/t23-/m1/s1. The van der Waals surface area contributed by atoms with Gasteiger partial charge in [0, 0.05) is 37.4 Å². The second-order valence-corrected chi connectivity index (χ2v) is 8.55. The number of nitrogens with zero attached hydrogens (tertiary/aromatic N) is 2. The third-order valence-electron chi connectivity index (χ3n) is 5.57. The van der Waals surface area contributed by atoms with Crippen molar-refractivity contribution < 1.29 is 4.79 Å². The SMILES string of the molecule is CNC(=O)[C@@]1(Cc2cccc(-c3cccnc3)c2)CCN(Cc2cccs2)C1. The average Bonchev–Trinajstić information content (AvgIpc) is 3.39. The fourth-order valence-corrected chi connectivity index (χ4v) is 4.92. The topological polar surface area (TPSA) is 45.2 Å². The summed E-state index contributed by atoms with van der Waals surface area (Å²) in [5, 5.41) is 5.03. The summed E-state index contributed by atoms with van der Waals surface area (Å²) < 4.78 is 0. The number of hydrogen-bond acceptors (Lipinski definition) is 4. The van der Waals surface area contributed by atoms with Crippen LogP contribution in [0.3, 0.4) is 0 Å². The lowest BCUT2D eigenvalue weighted by molar-refractivity contribution is -0.130. The molecule has 1 aliphatic heterocycles. The zero-order valence-electron chi connectivity index (χ0n) is 16.1. The maximum Gasteiger partial charge on any atom is 0.227 e. The van der Waals surface area contributed by atoms with Crippen LogP contribution in [-0.2, 0) is 17.8 Å². The first-order valence-corrected chi connectivity index (χ1v) is 10.5. The summed E-state index contributed by atoms with van der Waals surface area (Å²) in [7, 11) is 1.75. The summed E-state index contributed by atoms with van der Waals surface area (Å²) >= 11 is 1.78. The van der Waals surface area contributed by atoms with E-state index in [1.165, 1.54) is 10.4 Å². The van der Waals surface area contributed by atoms with E-state index in [0.29, 0.717) is 0 Å². The highest BCUT2D eigenvalue weighted by molar-refractivity contribution is 7.09. The van der Waals surface area contributed by atoms with Crippen LogP contribution in [-0.4, -0.2) is 35.9 Å². The first-order valence-electron chi connectivity index (χ1n) is 9.65. The molecule has 0 radical (unpaired) electrons. The van der Waals surface area contributed by atoms with E-state index in [0.717, 1.165) is 43.6 Å². The number of carbonyl (C=O) groups is 1. The molecule has 4 nitrogen and oxygen atoms in total. The Hall–Kier alpha value is -2.50. The van der Waals surface area contributed by atoms with Gasteiger partial charge in [-0.3, -0.25) is 14.7 Å². The molecule has 0 spiro atoms. The number of amides is 1. The van der Waals surface area contributed by atoms with Gasteiger partial charge in [0.25, 0.3) is 0 Å². The van der Waals surface area contributed by atoms with Gasteiger partial charge in [0.2, 0.25) is 5.91 Å². The van der Waals surface area contributed by atoms with Crippen LogP contribution in [0.5, 0.6) is 0 Å². The van der Waals surface area contributed by atoms with Crippen molar-refractivity contribution in [2.75, 3.05) is 20.1 Å². The van der Waals surface area contributed by atoms with Gasteiger partial charge in [-0.25, -0.2) is 0 Å². The van der Waals surface area contributed by atoms with Crippen LogP contribution >= 0.6 is 11.3 Å². The number of benzene rings is 1. The minimum atomic E-state index is -0.375. The number of aromatic nitrogens is 1. The Morgan fingerprint density at radius 1 is 1.21 bits per heavy atom. The molecule has 28 heavy (non-hydrogen) atoms. The molecule has 3 heterocycles. The third kappa shape index (κ3) is 4.01. The first-order chi connectivity index (χ1) is 13.7. The Balaban J connectivity index is 1.55. The van der Waals surface area contributed by atoms with E-state index in [1.54, 1.807) is 24.6 Å². The lowest BCUT2D eigenvalue weighted by Crippen LogP contribution is -2.43. The van der Waals surface area contributed by atoms with Gasteiger partial charge in [0.05, 0.1) is 5.41 Å². The first kappa shape index (κ1) is 18.8. The van der Waals surface area contributed by atoms with Crippen molar-refractivity contribution in [1.29, 1.82) is 0 Å². The van der Waals surface area contributed by atoms with Gasteiger partial charge < -0.3 is 5.32 Å². The van der Waals surface area contributed by atoms with Gasteiger partial charge >= 0.3 is 0 Å². The predicted octanol–water partition coefficient (Wildman–Crippen LogP) is 3.99. The minimum absolute atomic E-state index is 0.146. The van der Waals surface area contributed by atoms with Crippen molar-refractivity contribution in [3.63, 3.8) is 0 Å². The maximum absolute atomic E-state index is 12.9. The second kappa shape index (κ2) is 8.25. The summed E-state index contributed by atoms with van der Waals surface area (Å²) in [5.74, 6) is 0.146. The molecule has 144 valence electrons. The lowest BCUT2D eigenvalue weighted by atomic mass is 9.79. The molecule has 1 N–H and O–H groups in total. The molecule has 1 aromatic carbocycles. The zero-order chi connectivity index (χ0) is 19.4. The molecule has 1 saturated heterocycles. The van der Waals surface area contributed by atoms with E-state index in [1.807, 2.05) is 12.3 Å². The Labute approximate surface area is 170 Å². The number of likely N-dealkylation sites (tertiary alicyclic amines) is 1. The summed E-state index contributed by atoms with van der Waals surface area (Å²) in [6.07, 6.45) is 5.30. The molecule has 0 unspecified atom stereocenters. The number of nitrogens with one attached hydrogen (secondary N) is 1. The smallest absolute Gasteiger partial charge is 0.227 e. The van der Waals surface area contributed by atoms with Crippen LogP contribution in [0, 0.1) is 5.41 Å². The van der Waals surface area contributed by atoms with Crippen LogP contribution in [0.2, 0.25) is 0 Å². The van der Waals surface area contributed by atoms with Crippen LogP contribution in [0.15, 0.2) is 66.3 Å². The van der Waals surface area contributed by atoms with Crippen molar-refractivity contribution in [3.05, 3.63) is 76.7 Å². The van der Waals surface area contributed by atoms with Gasteiger partial charge in [-0.2, -0.15) is 0 Å². The van der Waals surface area contributed by atoms with Gasteiger partial charge in [-0.1, -0.05) is 36.4 Å². The lowest BCUT2D eigenvalue weighted by Gasteiger charge is -2.28. The predicted molar refractivity (Wildman–Crippen MR) is 114 cm³/mol. The molecule has 0 saturated carbocycles. The van der Waals surface area contributed by atoms with E-state index >= 15 is 0 Å². The van der Waals surface area contributed by atoms with Crippen molar-refractivity contribution in [1.82, 2.24) is 15.2 Å². The summed E-state index contributed by atoms with van der Waals surface area (Å²) in [6, 6.07) is 16.8. The van der Waals surface area contributed by atoms with Crippen LogP contribution < -0.4 is 5.32 Å². The van der Waals surface area contributed by atoms with Gasteiger partial charge in [-0.05, 0) is 53.6 Å². The molecule has 3 aromatic rings. The van der Waals surface area contributed by atoms with E-state index in [9.17, 15) is 4.79 Å². The molecular formula is C23H25N3OS. The second-order valence-electron chi connectivity index (χ2n) is 7.52. The monoisotopic (exact) mass is 391 g/mol. The molecule has 1 aliphatic rings. The third-order valence-corrected chi connectivity index (χ3v) is 6.43. The molecular weight excluding hydrogens is 366 g/mol. The van der Waals surface area contributed by atoms with Crippen LogP contribution in [0.4, 0.5) is 0 Å². The van der Waals surface area contributed by atoms with E-state index in [2.05, 4.69) is 63.0 Å². The summed E-state index contributed by atoms with van der Waals surface area (Å²) in [5.41, 5.74) is 3.07. The quantitative estimate of drug-likeness (QED) is 0.691. The minimum Gasteiger partial charge on any atom is -0.359 e. The van der Waals surface area contributed by atoms with Gasteiger partial charge in [0.15, 0.2) is 0 Å². The molecule has 4 rings (SSSR count). The number of hydrogen-bond donors (Lipinski definition) is 1. The Morgan fingerprint density at radius 3 is 2.86 bits per heavy atom. The van der Waals surface area contributed by atoms with E-state index < -0.39 is 0 Å². The maximum atomic E-state index is 12.9. The summed E-state index contributed by atoms with van der Waals surface area (Å²) in [6.45, 7) is 2.67. The Morgan fingerprint density at radius 2 is 2.11 bits per heavy atom. The summed E-state index contributed by atoms with van der Waals surface area (Å²) in [4.78, 5) is 20.9. The fourth-order valence-electron chi connectivity index (χ4n) is 4.18. The zero-order valence-corrected chi connectivity index (χ0v) is 16.9. The van der Waals surface area contributed by atoms with Crippen molar-refractivity contribution in [2.24, 2.45) is 5.41 Å². The molecule has 1 atom stereocenters. The number of pyridine rings is 1. The number of thiophene rings is 1. The highest BCUT2D eigenvalue weighted by atomic mass is 32.1. The fraction of sp³-hybridized carbons (Fsp3) is 0.304. The van der Waals surface area contributed by atoms with Crippen LogP contribution in [0.25, 0.3) is 11.1 Å². The van der Waals surface area contributed by atoms with Gasteiger partial charge in [-0.15, -0.1) is 11.3 Å². The van der Waals surface area contributed by atoms with E-state index in [4.69, 9.17) is 0 Å². The largest absolute Gasteiger partial charge is 0.359 e. The highest BCUT2D eigenvalue weighted by Gasteiger charge is 2.44.